The molecule has 2 aromatic heterocycles. The van der Waals surface area contributed by atoms with Crippen LogP contribution in [-0.4, -0.2) is 45.8 Å². The van der Waals surface area contributed by atoms with Crippen molar-refractivity contribution >= 4 is 28.8 Å². The predicted molar refractivity (Wildman–Crippen MR) is 123 cm³/mol. The van der Waals surface area contributed by atoms with E-state index in [0.29, 0.717) is 36.3 Å². The summed E-state index contributed by atoms with van der Waals surface area (Å²) in [5.74, 6) is -1.37. The number of halogens is 2. The summed E-state index contributed by atoms with van der Waals surface area (Å²) in [5.41, 5.74) is -0.198. The van der Waals surface area contributed by atoms with Crippen LogP contribution in [0.25, 0.3) is 11.0 Å². The number of hydrogen-bond donors (Lipinski definition) is 3. The minimum Gasteiger partial charge on any atom is -0.450 e. The van der Waals surface area contributed by atoms with Gasteiger partial charge in [-0.05, 0) is 51.8 Å². The van der Waals surface area contributed by atoms with Crippen molar-refractivity contribution in [1.29, 1.82) is 0 Å². The smallest absolute Gasteiger partial charge is 0.320 e. The molecule has 4 rings (SSSR count). The highest BCUT2D eigenvalue weighted by molar-refractivity contribution is 5.92. The molecule has 1 aliphatic rings. The van der Waals surface area contributed by atoms with E-state index < -0.39 is 23.2 Å². The van der Waals surface area contributed by atoms with Gasteiger partial charge in [-0.2, -0.15) is 4.98 Å². The number of amides is 2. The van der Waals surface area contributed by atoms with Crippen molar-refractivity contribution in [3.05, 3.63) is 42.1 Å². The fraction of sp³-hybridized carbons (Fsp3) is 0.391. The van der Waals surface area contributed by atoms with Crippen LogP contribution in [0.2, 0.25) is 0 Å². The number of rotatable bonds is 5. The molecular formula is C23H26F2N6O3. The van der Waals surface area contributed by atoms with E-state index in [2.05, 4.69) is 30.9 Å². The zero-order valence-electron chi connectivity index (χ0n) is 19.1. The van der Waals surface area contributed by atoms with E-state index in [1.54, 1.807) is 6.20 Å². The van der Waals surface area contributed by atoms with E-state index in [0.717, 1.165) is 25.0 Å². The average molecular weight is 472 g/mol. The van der Waals surface area contributed by atoms with Gasteiger partial charge < -0.3 is 20.1 Å². The molecule has 0 radical (unpaired) electrons. The maximum atomic E-state index is 14.2. The van der Waals surface area contributed by atoms with Gasteiger partial charge in [0.2, 0.25) is 5.95 Å². The second-order valence-electron chi connectivity index (χ2n) is 8.98. The molecule has 0 unspecified atom stereocenters. The number of urea groups is 1. The quantitative estimate of drug-likeness (QED) is 0.498. The molecule has 9 nitrogen and oxygen atoms in total. The van der Waals surface area contributed by atoms with Gasteiger partial charge in [-0.1, -0.05) is 0 Å². The monoisotopic (exact) mass is 472 g/mol. The number of fused-ring (bicyclic) bond motifs is 1. The van der Waals surface area contributed by atoms with Gasteiger partial charge in [-0.25, -0.2) is 23.5 Å². The Balaban J connectivity index is 1.67. The molecule has 2 amide bonds. The normalized spacial score (nSPS) is 14.6. The summed E-state index contributed by atoms with van der Waals surface area (Å²) in [5, 5.41) is 9.18. The van der Waals surface area contributed by atoms with Crippen LogP contribution in [0, 0.1) is 11.6 Å². The third-order valence-electron chi connectivity index (χ3n) is 4.92. The molecule has 3 aromatic rings. The first-order valence-electron chi connectivity index (χ1n) is 10.9. The first kappa shape index (κ1) is 23.6. The molecule has 1 aliphatic heterocycles. The molecule has 0 spiro atoms. The maximum Gasteiger partial charge on any atom is 0.320 e. The van der Waals surface area contributed by atoms with Gasteiger partial charge in [0.1, 0.15) is 5.82 Å². The Hall–Kier alpha value is -3.60. The van der Waals surface area contributed by atoms with Crippen LogP contribution >= 0.6 is 0 Å². The van der Waals surface area contributed by atoms with Gasteiger partial charge in [0.25, 0.3) is 0 Å². The summed E-state index contributed by atoms with van der Waals surface area (Å²) in [6, 6.07) is 4.13. The van der Waals surface area contributed by atoms with Crippen molar-refractivity contribution in [1.82, 2.24) is 20.3 Å². The van der Waals surface area contributed by atoms with E-state index in [9.17, 15) is 13.6 Å². The summed E-state index contributed by atoms with van der Waals surface area (Å²) >= 11 is 0. The van der Waals surface area contributed by atoms with Crippen molar-refractivity contribution < 1.29 is 23.0 Å². The van der Waals surface area contributed by atoms with Gasteiger partial charge in [-0.15, -0.1) is 0 Å². The van der Waals surface area contributed by atoms with E-state index in [1.165, 1.54) is 6.07 Å². The molecule has 34 heavy (non-hydrogen) atoms. The Kier molecular flexibility index (Phi) is 6.73. The lowest BCUT2D eigenvalue weighted by atomic mass is 10.1. The summed E-state index contributed by atoms with van der Waals surface area (Å²) in [6.45, 7) is 6.82. The molecule has 1 saturated heterocycles. The fourth-order valence-corrected chi connectivity index (χ4v) is 3.36. The first-order chi connectivity index (χ1) is 16.2. The number of ether oxygens (including phenoxy) is 2. The van der Waals surface area contributed by atoms with Gasteiger partial charge in [0.15, 0.2) is 28.8 Å². The highest BCUT2D eigenvalue weighted by Crippen LogP contribution is 2.33. The predicted octanol–water partition coefficient (Wildman–Crippen LogP) is 4.61. The Morgan fingerprint density at radius 1 is 1.12 bits per heavy atom. The molecule has 0 saturated carbocycles. The van der Waals surface area contributed by atoms with Crippen LogP contribution in [0.15, 0.2) is 30.5 Å². The van der Waals surface area contributed by atoms with Crippen LogP contribution < -0.4 is 20.7 Å². The first-order valence-corrected chi connectivity index (χ1v) is 10.9. The van der Waals surface area contributed by atoms with Crippen molar-refractivity contribution in [3.63, 3.8) is 0 Å². The molecule has 0 bridgehead atoms. The Morgan fingerprint density at radius 3 is 2.59 bits per heavy atom. The van der Waals surface area contributed by atoms with Gasteiger partial charge in [0, 0.05) is 42.4 Å². The second kappa shape index (κ2) is 9.72. The lowest BCUT2D eigenvalue weighted by Crippen LogP contribution is -2.43. The number of carbonyl (C=O) groups is 1. The van der Waals surface area contributed by atoms with Crippen LogP contribution in [-0.2, 0) is 4.74 Å². The molecule has 3 heterocycles. The Bertz CT molecular complexity index is 1200. The van der Waals surface area contributed by atoms with Crippen LogP contribution in [0.3, 0.4) is 0 Å². The Labute approximate surface area is 195 Å². The number of carbonyl (C=O) groups excluding carboxylic acids is 1. The van der Waals surface area contributed by atoms with Crippen molar-refractivity contribution in [2.75, 3.05) is 23.8 Å². The molecule has 0 atom stereocenters. The number of aromatic nitrogens is 3. The SMILES string of the molecule is CC(C)(C)NC(=O)Nc1nc2nc(NC3CCOCC3)ncc2cc1Oc1ccc(F)cc1F. The van der Waals surface area contributed by atoms with Crippen molar-refractivity contribution in [2.45, 2.75) is 45.2 Å². The number of pyridine rings is 1. The zero-order valence-corrected chi connectivity index (χ0v) is 19.1. The van der Waals surface area contributed by atoms with E-state index >= 15 is 0 Å². The molecular weight excluding hydrogens is 446 g/mol. The molecule has 180 valence electrons. The van der Waals surface area contributed by atoms with Crippen molar-refractivity contribution in [2.24, 2.45) is 0 Å². The second-order valence-corrected chi connectivity index (χ2v) is 8.98. The number of nitrogens with one attached hydrogen (secondary N) is 3. The zero-order chi connectivity index (χ0) is 24.3. The molecule has 1 aromatic carbocycles. The van der Waals surface area contributed by atoms with Gasteiger partial charge >= 0.3 is 6.03 Å². The Morgan fingerprint density at radius 2 is 1.88 bits per heavy atom. The minimum atomic E-state index is -0.891. The maximum absolute atomic E-state index is 14.2. The van der Waals surface area contributed by atoms with E-state index in [4.69, 9.17) is 9.47 Å². The standard InChI is InChI=1S/C23H26F2N6O3/c1-23(2,3)31-22(32)30-20-18(34-17-5-4-14(24)11-16(17)25)10-13-12-26-21(29-19(13)28-20)27-15-6-8-33-9-7-15/h4-5,10-12,15H,6-9H2,1-3H3,(H3,26,27,28,29,30,31,32). The number of benzene rings is 1. The topological polar surface area (TPSA) is 110 Å². The summed E-state index contributed by atoms with van der Waals surface area (Å²) < 4.78 is 38.5. The fourth-order valence-electron chi connectivity index (χ4n) is 3.36. The van der Waals surface area contributed by atoms with Gasteiger partial charge in [0.05, 0.1) is 0 Å². The number of nitrogens with zero attached hydrogens (tertiary/aromatic N) is 3. The van der Waals surface area contributed by atoms with Crippen LogP contribution in [0.4, 0.5) is 25.3 Å². The van der Waals surface area contributed by atoms with Gasteiger partial charge in [-0.3, -0.25) is 5.32 Å². The van der Waals surface area contributed by atoms with Crippen LogP contribution in [0.5, 0.6) is 11.5 Å². The average Bonchev–Trinajstić information content (AvgIpc) is 2.75. The lowest BCUT2D eigenvalue weighted by molar-refractivity contribution is 0.0903. The number of anilines is 2. The molecule has 11 heteroatoms. The third-order valence-corrected chi connectivity index (χ3v) is 4.92. The van der Waals surface area contributed by atoms with Crippen LogP contribution in [0.1, 0.15) is 33.6 Å². The van der Waals surface area contributed by atoms with E-state index in [1.807, 2.05) is 20.8 Å². The third kappa shape index (κ3) is 6.04. The molecule has 3 N–H and O–H groups in total. The minimum absolute atomic E-state index is 0.0219. The highest BCUT2D eigenvalue weighted by Gasteiger charge is 2.20. The highest BCUT2D eigenvalue weighted by atomic mass is 19.1. The van der Waals surface area contributed by atoms with E-state index in [-0.39, 0.29) is 23.4 Å². The largest absolute Gasteiger partial charge is 0.450 e. The summed E-state index contributed by atoms with van der Waals surface area (Å²) in [4.78, 5) is 25.7. The number of hydrogen-bond acceptors (Lipinski definition) is 7. The summed E-state index contributed by atoms with van der Waals surface area (Å²) in [6.07, 6.45) is 3.24. The molecule has 0 aliphatic carbocycles. The lowest BCUT2D eigenvalue weighted by Gasteiger charge is -2.23. The van der Waals surface area contributed by atoms with Crippen molar-refractivity contribution in [3.8, 4) is 11.5 Å². The summed E-state index contributed by atoms with van der Waals surface area (Å²) in [7, 11) is 0. The molecule has 1 fully saturated rings.